The number of alkyl halides is 2. The molecule has 0 spiro atoms. The van der Waals surface area contributed by atoms with Gasteiger partial charge < -0.3 is 5.11 Å². The Morgan fingerprint density at radius 2 is 2.25 bits per heavy atom. The fourth-order valence-electron chi connectivity index (χ4n) is 0.617. The number of rotatable bonds is 1. The molecule has 3 heteroatoms. The van der Waals surface area contributed by atoms with Crippen molar-refractivity contribution < 1.29 is 5.11 Å². The Morgan fingerprint density at radius 3 is 2.25 bits per heavy atom. The molecule has 8 heavy (non-hydrogen) atoms. The summed E-state index contributed by atoms with van der Waals surface area (Å²) >= 11 is 9.08. The number of aliphatic hydroxyl groups is 1. The Bertz CT molecular complexity index is 115. The van der Waals surface area contributed by atoms with E-state index in [1.54, 1.807) is 0 Å². The molecule has 0 aromatic carbocycles. The molecule has 0 radical (unpaired) electrons. The van der Waals surface area contributed by atoms with Crippen molar-refractivity contribution in [2.75, 3.05) is 6.61 Å². The smallest absolute Gasteiger partial charge is 0.107 e. The molecule has 1 N–H and O–H groups in total. The number of aliphatic hydroxyl groups excluding tert-OH is 1. The van der Waals surface area contributed by atoms with Gasteiger partial charge in [0.1, 0.15) is 3.78 Å². The SMILES string of the molecule is CC1(CO)CC1(Cl)Br. The first kappa shape index (κ1) is 6.84. The zero-order valence-electron chi connectivity index (χ0n) is 4.62. The van der Waals surface area contributed by atoms with Gasteiger partial charge in [-0.3, -0.25) is 0 Å². The summed E-state index contributed by atoms with van der Waals surface area (Å²) in [4.78, 5) is 0. The van der Waals surface area contributed by atoms with Crippen LogP contribution in [0.3, 0.4) is 0 Å². The maximum absolute atomic E-state index is 8.69. The Balaban J connectivity index is 2.55. The lowest BCUT2D eigenvalue weighted by Gasteiger charge is -2.04. The molecular formula is C5H8BrClO. The first-order chi connectivity index (χ1) is 3.52. The van der Waals surface area contributed by atoms with E-state index in [9.17, 15) is 0 Å². The fourth-order valence-corrected chi connectivity index (χ4v) is 1.72. The Labute approximate surface area is 62.2 Å². The molecule has 1 aliphatic rings. The zero-order valence-corrected chi connectivity index (χ0v) is 6.96. The second-order valence-electron chi connectivity index (χ2n) is 2.60. The van der Waals surface area contributed by atoms with Gasteiger partial charge in [-0.05, 0) is 6.42 Å². The van der Waals surface area contributed by atoms with Gasteiger partial charge >= 0.3 is 0 Å². The van der Waals surface area contributed by atoms with E-state index in [4.69, 9.17) is 16.7 Å². The zero-order chi connectivity index (χ0) is 6.41. The molecule has 0 aromatic rings. The highest BCUT2D eigenvalue weighted by molar-refractivity contribution is 9.10. The Hall–Kier alpha value is 0.730. The van der Waals surface area contributed by atoms with Crippen LogP contribution in [0.15, 0.2) is 0 Å². The van der Waals surface area contributed by atoms with Gasteiger partial charge in [-0.15, -0.1) is 11.6 Å². The van der Waals surface area contributed by atoms with Crippen LogP contribution in [0.1, 0.15) is 13.3 Å². The maximum atomic E-state index is 8.69. The monoisotopic (exact) mass is 198 g/mol. The molecule has 0 heterocycles. The molecule has 48 valence electrons. The standard InChI is InChI=1S/C5H8BrClO/c1-4(3-8)2-5(4,6)7/h8H,2-3H2,1H3. The Morgan fingerprint density at radius 1 is 1.88 bits per heavy atom. The third-order valence-corrected chi connectivity index (χ3v) is 3.55. The van der Waals surface area contributed by atoms with Crippen LogP contribution in [0.25, 0.3) is 0 Å². The van der Waals surface area contributed by atoms with Crippen molar-refractivity contribution in [3.8, 4) is 0 Å². The summed E-state index contributed by atoms with van der Waals surface area (Å²) in [5.41, 5.74) is -0.0748. The van der Waals surface area contributed by atoms with Gasteiger partial charge in [0.2, 0.25) is 0 Å². The average molecular weight is 199 g/mol. The predicted molar refractivity (Wildman–Crippen MR) is 37.3 cm³/mol. The van der Waals surface area contributed by atoms with Crippen LogP contribution in [0.5, 0.6) is 0 Å². The van der Waals surface area contributed by atoms with Crippen LogP contribution in [0.2, 0.25) is 0 Å². The number of hydrogen-bond donors (Lipinski definition) is 1. The van der Waals surface area contributed by atoms with E-state index in [1.165, 1.54) is 0 Å². The van der Waals surface area contributed by atoms with Crippen LogP contribution in [-0.2, 0) is 0 Å². The molecule has 1 aliphatic carbocycles. The van der Waals surface area contributed by atoms with Crippen molar-refractivity contribution in [1.82, 2.24) is 0 Å². The van der Waals surface area contributed by atoms with Crippen LogP contribution in [0.4, 0.5) is 0 Å². The lowest BCUT2D eigenvalue weighted by molar-refractivity contribution is 0.223. The first-order valence-corrected chi connectivity index (χ1v) is 3.68. The van der Waals surface area contributed by atoms with E-state index in [0.717, 1.165) is 6.42 Å². The van der Waals surface area contributed by atoms with Crippen molar-refractivity contribution in [3.63, 3.8) is 0 Å². The molecule has 1 saturated carbocycles. The second-order valence-corrected chi connectivity index (χ2v) is 5.06. The van der Waals surface area contributed by atoms with Crippen molar-refractivity contribution in [1.29, 1.82) is 0 Å². The molecule has 0 aromatic heterocycles. The summed E-state index contributed by atoms with van der Waals surface area (Å²) < 4.78 is -0.311. The van der Waals surface area contributed by atoms with Crippen LogP contribution >= 0.6 is 27.5 Å². The summed E-state index contributed by atoms with van der Waals surface area (Å²) in [5, 5.41) is 8.69. The third kappa shape index (κ3) is 0.789. The summed E-state index contributed by atoms with van der Waals surface area (Å²) in [6.45, 7) is 2.12. The third-order valence-electron chi connectivity index (χ3n) is 1.72. The quantitative estimate of drug-likeness (QED) is 0.638. The van der Waals surface area contributed by atoms with Gasteiger partial charge in [-0.1, -0.05) is 22.9 Å². The van der Waals surface area contributed by atoms with Crippen LogP contribution in [-0.4, -0.2) is 15.5 Å². The molecule has 1 rings (SSSR count). The molecule has 0 aliphatic heterocycles. The van der Waals surface area contributed by atoms with Gasteiger partial charge in [-0.2, -0.15) is 0 Å². The normalized spacial score (nSPS) is 54.0. The minimum atomic E-state index is -0.311. The molecule has 1 nitrogen and oxygen atoms in total. The molecule has 1 fully saturated rings. The number of hydrogen-bond acceptors (Lipinski definition) is 1. The van der Waals surface area contributed by atoms with Gasteiger partial charge in [0.05, 0.1) is 6.61 Å². The maximum Gasteiger partial charge on any atom is 0.107 e. The summed E-state index contributed by atoms with van der Waals surface area (Å²) in [5.74, 6) is 0. The van der Waals surface area contributed by atoms with E-state index in [-0.39, 0.29) is 15.8 Å². The summed E-state index contributed by atoms with van der Waals surface area (Å²) in [6.07, 6.45) is 0.859. The minimum Gasteiger partial charge on any atom is -0.396 e. The van der Waals surface area contributed by atoms with Gasteiger partial charge in [0.25, 0.3) is 0 Å². The van der Waals surface area contributed by atoms with Crippen molar-refractivity contribution in [2.45, 2.75) is 17.1 Å². The molecule has 0 bridgehead atoms. The lowest BCUT2D eigenvalue weighted by Crippen LogP contribution is -2.08. The van der Waals surface area contributed by atoms with Gasteiger partial charge in [-0.25, -0.2) is 0 Å². The first-order valence-electron chi connectivity index (χ1n) is 2.50. The number of halogens is 2. The van der Waals surface area contributed by atoms with Gasteiger partial charge in [0, 0.05) is 5.41 Å². The van der Waals surface area contributed by atoms with Crippen LogP contribution in [0, 0.1) is 5.41 Å². The fraction of sp³-hybridized carbons (Fsp3) is 1.00. The van der Waals surface area contributed by atoms with E-state index in [0.29, 0.717) is 0 Å². The summed E-state index contributed by atoms with van der Waals surface area (Å²) in [7, 11) is 0. The molecule has 2 atom stereocenters. The predicted octanol–water partition coefficient (Wildman–Crippen LogP) is 1.72. The highest BCUT2D eigenvalue weighted by Crippen LogP contribution is 2.64. The van der Waals surface area contributed by atoms with Crippen molar-refractivity contribution in [2.24, 2.45) is 5.41 Å². The second kappa shape index (κ2) is 1.61. The average Bonchev–Trinajstić information content (AvgIpc) is 2.10. The van der Waals surface area contributed by atoms with E-state index in [2.05, 4.69) is 15.9 Å². The summed E-state index contributed by atoms with van der Waals surface area (Å²) in [6, 6.07) is 0. The minimum absolute atomic E-state index is 0.0748. The molecular weight excluding hydrogens is 191 g/mol. The van der Waals surface area contributed by atoms with Crippen LogP contribution < -0.4 is 0 Å². The van der Waals surface area contributed by atoms with Crippen molar-refractivity contribution in [3.05, 3.63) is 0 Å². The molecule has 0 amide bonds. The largest absolute Gasteiger partial charge is 0.396 e. The molecule has 2 unspecified atom stereocenters. The highest BCUT2D eigenvalue weighted by Gasteiger charge is 2.61. The van der Waals surface area contributed by atoms with E-state index in [1.807, 2.05) is 6.92 Å². The van der Waals surface area contributed by atoms with E-state index < -0.39 is 0 Å². The molecule has 0 saturated heterocycles. The van der Waals surface area contributed by atoms with Gasteiger partial charge in [0.15, 0.2) is 0 Å². The van der Waals surface area contributed by atoms with Crippen molar-refractivity contribution >= 4 is 27.5 Å². The lowest BCUT2D eigenvalue weighted by atomic mass is 10.2. The highest BCUT2D eigenvalue weighted by atomic mass is 79.9. The topological polar surface area (TPSA) is 20.2 Å². The van der Waals surface area contributed by atoms with E-state index >= 15 is 0 Å². The Kier molecular flexibility index (Phi) is 1.38.